The average Bonchev–Trinajstić information content (AvgIpc) is 2.68. The maximum atomic E-state index is 12.1. The quantitative estimate of drug-likeness (QED) is 0.625. The smallest absolute Gasteiger partial charge is 0.422 e. The normalized spacial score (nSPS) is 11.3. The minimum absolute atomic E-state index is 0.0977. The lowest BCUT2D eigenvalue weighted by atomic mass is 10.2. The molecular weight excluding hydrogens is 389 g/mol. The van der Waals surface area contributed by atoms with E-state index in [1.54, 1.807) is 42.5 Å². The number of halogens is 3. The van der Waals surface area contributed by atoms with Crippen LogP contribution in [0.1, 0.15) is 11.1 Å². The number of nitrogens with one attached hydrogen (secondary N) is 1. The van der Waals surface area contributed by atoms with Crippen molar-refractivity contribution in [2.24, 2.45) is 5.73 Å². The molecule has 0 radical (unpaired) electrons. The van der Waals surface area contributed by atoms with Crippen molar-refractivity contribution >= 4 is 17.9 Å². The molecule has 154 valence electrons. The summed E-state index contributed by atoms with van der Waals surface area (Å²) >= 11 is 0. The first-order valence-electron chi connectivity index (χ1n) is 8.47. The highest BCUT2D eigenvalue weighted by Gasteiger charge is 2.28. The number of ether oxygens (including phenoxy) is 2. The number of amides is 2. The highest BCUT2D eigenvalue weighted by Crippen LogP contribution is 2.19. The van der Waals surface area contributed by atoms with Crippen LogP contribution in [0.4, 0.5) is 13.2 Å². The van der Waals surface area contributed by atoms with Crippen LogP contribution in [0, 0.1) is 0 Å². The summed E-state index contributed by atoms with van der Waals surface area (Å²) in [6, 6.07) is 12.7. The Balaban J connectivity index is 1.78. The third kappa shape index (κ3) is 8.83. The number of alkyl halides is 3. The Morgan fingerprint density at radius 1 is 0.966 bits per heavy atom. The number of benzene rings is 2. The Labute approximate surface area is 165 Å². The zero-order valence-electron chi connectivity index (χ0n) is 15.2. The Hall–Kier alpha value is -3.49. The summed E-state index contributed by atoms with van der Waals surface area (Å²) in [5, 5.41) is 2.67. The second kappa shape index (κ2) is 10.2. The van der Waals surface area contributed by atoms with Crippen LogP contribution in [0.3, 0.4) is 0 Å². The topological polar surface area (TPSA) is 90.7 Å². The lowest BCUT2D eigenvalue weighted by molar-refractivity contribution is -0.153. The molecular formula is C20H19F3N2O4. The molecule has 0 aliphatic carbocycles. The van der Waals surface area contributed by atoms with Crippen LogP contribution in [-0.2, 0) is 16.1 Å². The van der Waals surface area contributed by atoms with Crippen LogP contribution in [0.25, 0.3) is 6.08 Å². The van der Waals surface area contributed by atoms with Gasteiger partial charge >= 0.3 is 6.18 Å². The molecule has 0 aliphatic rings. The average molecular weight is 408 g/mol. The molecule has 0 atom stereocenters. The van der Waals surface area contributed by atoms with Crippen molar-refractivity contribution in [1.82, 2.24) is 5.32 Å². The second-order valence-electron chi connectivity index (χ2n) is 5.92. The van der Waals surface area contributed by atoms with Gasteiger partial charge in [0, 0.05) is 12.6 Å². The molecule has 2 aromatic rings. The predicted octanol–water partition coefficient (Wildman–Crippen LogP) is 2.82. The fourth-order valence-electron chi connectivity index (χ4n) is 2.12. The number of carbonyl (C=O) groups is 2. The molecule has 0 saturated carbocycles. The van der Waals surface area contributed by atoms with Crippen LogP contribution in [0.15, 0.2) is 54.6 Å². The number of rotatable bonds is 9. The van der Waals surface area contributed by atoms with Crippen LogP contribution in [-0.4, -0.2) is 31.2 Å². The van der Waals surface area contributed by atoms with Crippen molar-refractivity contribution in [2.45, 2.75) is 12.7 Å². The van der Waals surface area contributed by atoms with Gasteiger partial charge in [-0.3, -0.25) is 9.59 Å². The Morgan fingerprint density at radius 2 is 1.55 bits per heavy atom. The maximum Gasteiger partial charge on any atom is 0.422 e. The minimum atomic E-state index is -4.39. The molecule has 2 amide bonds. The van der Waals surface area contributed by atoms with Gasteiger partial charge in [0.1, 0.15) is 11.5 Å². The van der Waals surface area contributed by atoms with E-state index in [-0.39, 0.29) is 24.8 Å². The fraction of sp³-hybridized carbons (Fsp3) is 0.200. The summed E-state index contributed by atoms with van der Waals surface area (Å²) in [6.07, 6.45) is -1.45. The van der Waals surface area contributed by atoms with E-state index in [0.29, 0.717) is 11.3 Å². The van der Waals surface area contributed by atoms with Crippen molar-refractivity contribution in [3.05, 3.63) is 65.7 Å². The summed E-state index contributed by atoms with van der Waals surface area (Å²) < 4.78 is 46.1. The highest BCUT2D eigenvalue weighted by atomic mass is 19.4. The van der Waals surface area contributed by atoms with E-state index in [9.17, 15) is 22.8 Å². The Morgan fingerprint density at radius 3 is 2.14 bits per heavy atom. The molecule has 0 aromatic heterocycles. The van der Waals surface area contributed by atoms with E-state index in [2.05, 4.69) is 10.1 Å². The first-order valence-corrected chi connectivity index (χ1v) is 8.47. The molecule has 0 bridgehead atoms. The lowest BCUT2D eigenvalue weighted by Crippen LogP contribution is -2.20. The van der Waals surface area contributed by atoms with Crippen molar-refractivity contribution in [2.75, 3.05) is 13.2 Å². The van der Waals surface area contributed by atoms with Gasteiger partial charge in [0.05, 0.1) is 0 Å². The molecule has 29 heavy (non-hydrogen) atoms. The molecule has 9 heteroatoms. The molecule has 0 aliphatic heterocycles. The molecule has 0 saturated heterocycles. The van der Waals surface area contributed by atoms with Gasteiger partial charge in [-0.25, -0.2) is 0 Å². The molecule has 3 N–H and O–H groups in total. The van der Waals surface area contributed by atoms with Gasteiger partial charge in [-0.05, 0) is 41.5 Å². The van der Waals surface area contributed by atoms with Crippen LogP contribution in [0.2, 0.25) is 0 Å². The largest absolute Gasteiger partial charge is 0.484 e. The van der Waals surface area contributed by atoms with Gasteiger partial charge in [0.15, 0.2) is 13.2 Å². The zero-order chi connectivity index (χ0) is 21.3. The lowest BCUT2D eigenvalue weighted by Gasteiger charge is -2.09. The van der Waals surface area contributed by atoms with Crippen molar-refractivity contribution in [3.8, 4) is 11.5 Å². The summed E-state index contributed by atoms with van der Waals surface area (Å²) in [7, 11) is 0. The monoisotopic (exact) mass is 408 g/mol. The summed E-state index contributed by atoms with van der Waals surface area (Å²) in [5.74, 6) is -0.334. The minimum Gasteiger partial charge on any atom is -0.484 e. The number of primary amides is 1. The van der Waals surface area contributed by atoms with Gasteiger partial charge < -0.3 is 20.5 Å². The molecule has 0 unspecified atom stereocenters. The van der Waals surface area contributed by atoms with E-state index in [0.717, 1.165) is 5.56 Å². The van der Waals surface area contributed by atoms with Crippen molar-refractivity contribution < 1.29 is 32.2 Å². The second-order valence-corrected chi connectivity index (χ2v) is 5.92. The summed E-state index contributed by atoms with van der Waals surface area (Å²) in [5.41, 5.74) is 6.45. The van der Waals surface area contributed by atoms with E-state index < -0.39 is 18.7 Å². The molecule has 0 heterocycles. The standard InChI is InChI=1S/C20H19F3N2O4/c21-20(22,23)13-29-17-8-3-15(4-9-17)11-25-19(27)10-5-14-1-6-16(7-2-14)28-12-18(24)26/h1-10H,11-13H2,(H2,24,26)(H,25,27)/b10-5+. The van der Waals surface area contributed by atoms with Gasteiger partial charge in [-0.15, -0.1) is 0 Å². The van der Waals surface area contributed by atoms with Gasteiger partial charge in [0.25, 0.3) is 5.91 Å². The number of carbonyl (C=O) groups excluding carboxylic acids is 2. The summed E-state index contributed by atoms with van der Waals surface area (Å²) in [4.78, 5) is 22.5. The molecule has 2 rings (SSSR count). The number of hydrogen-bond donors (Lipinski definition) is 2. The maximum absolute atomic E-state index is 12.1. The van der Waals surface area contributed by atoms with Gasteiger partial charge in [-0.2, -0.15) is 13.2 Å². The van der Waals surface area contributed by atoms with Crippen LogP contribution >= 0.6 is 0 Å². The third-order valence-corrected chi connectivity index (χ3v) is 3.48. The number of nitrogens with two attached hydrogens (primary N) is 1. The number of hydrogen-bond acceptors (Lipinski definition) is 4. The fourth-order valence-corrected chi connectivity index (χ4v) is 2.12. The molecule has 0 spiro atoms. The van der Waals surface area contributed by atoms with E-state index >= 15 is 0 Å². The first-order chi connectivity index (χ1) is 13.7. The van der Waals surface area contributed by atoms with Crippen molar-refractivity contribution in [1.29, 1.82) is 0 Å². The summed E-state index contributed by atoms with van der Waals surface area (Å²) in [6.45, 7) is -1.36. The first kappa shape index (κ1) is 21.8. The predicted molar refractivity (Wildman–Crippen MR) is 100 cm³/mol. The van der Waals surface area contributed by atoms with E-state index in [1.165, 1.54) is 18.2 Å². The Kier molecular flexibility index (Phi) is 7.64. The SMILES string of the molecule is NC(=O)COc1ccc(/C=C/C(=O)NCc2ccc(OCC(F)(F)F)cc2)cc1. The van der Waals surface area contributed by atoms with Crippen molar-refractivity contribution in [3.63, 3.8) is 0 Å². The zero-order valence-corrected chi connectivity index (χ0v) is 15.2. The van der Waals surface area contributed by atoms with Gasteiger partial charge in [0.2, 0.25) is 5.91 Å². The highest BCUT2D eigenvalue weighted by molar-refractivity contribution is 5.91. The van der Waals surface area contributed by atoms with Gasteiger partial charge in [-0.1, -0.05) is 24.3 Å². The van der Waals surface area contributed by atoms with Crippen LogP contribution < -0.4 is 20.5 Å². The Bertz CT molecular complexity index is 848. The molecule has 6 nitrogen and oxygen atoms in total. The molecule has 2 aromatic carbocycles. The van der Waals surface area contributed by atoms with E-state index in [1.807, 2.05) is 0 Å². The van der Waals surface area contributed by atoms with E-state index in [4.69, 9.17) is 10.5 Å². The third-order valence-electron chi connectivity index (χ3n) is 3.48. The molecule has 0 fully saturated rings. The van der Waals surface area contributed by atoms with Crippen LogP contribution in [0.5, 0.6) is 11.5 Å².